The highest BCUT2D eigenvalue weighted by Gasteiger charge is 2.19. The van der Waals surface area contributed by atoms with Gasteiger partial charge < -0.3 is 9.67 Å². The molecule has 2 aromatic rings. The molecule has 24 heavy (non-hydrogen) atoms. The van der Waals surface area contributed by atoms with Gasteiger partial charge in [-0.25, -0.2) is 13.2 Å². The highest BCUT2D eigenvalue weighted by Crippen LogP contribution is 2.20. The summed E-state index contributed by atoms with van der Waals surface area (Å²) in [6.45, 7) is 3.96. The number of sulfonamides is 1. The molecule has 0 radical (unpaired) electrons. The first-order chi connectivity index (χ1) is 11.2. The van der Waals surface area contributed by atoms with Crippen LogP contribution >= 0.6 is 0 Å². The number of carbonyl (C=O) groups is 1. The molecule has 8 heteroatoms. The monoisotopic (exact) mass is 350 g/mol. The summed E-state index contributed by atoms with van der Waals surface area (Å²) in [5, 5.41) is 9.03. The minimum Gasteiger partial charge on any atom is -0.478 e. The molecule has 1 heterocycles. The maximum Gasteiger partial charge on any atom is 0.335 e. The van der Waals surface area contributed by atoms with Crippen molar-refractivity contribution in [3.05, 3.63) is 58.0 Å². The molecule has 0 amide bonds. The van der Waals surface area contributed by atoms with Crippen LogP contribution in [0.4, 0.5) is 5.69 Å². The van der Waals surface area contributed by atoms with Crippen molar-refractivity contribution in [3.8, 4) is 0 Å². The number of hydrogen-bond acceptors (Lipinski definition) is 4. The fourth-order valence-corrected chi connectivity index (χ4v) is 3.56. The molecule has 128 valence electrons. The number of anilines is 1. The van der Waals surface area contributed by atoms with E-state index in [1.165, 1.54) is 35.0 Å². The third-order valence-corrected chi connectivity index (χ3v) is 4.95. The quantitative estimate of drug-likeness (QED) is 0.829. The molecule has 2 rings (SSSR count). The number of nitrogens with zero attached hydrogens (tertiary/aromatic N) is 1. The van der Waals surface area contributed by atoms with E-state index in [1.807, 2.05) is 6.92 Å². The molecular formula is C16H18N2O5S. The largest absolute Gasteiger partial charge is 0.478 e. The van der Waals surface area contributed by atoms with Crippen LogP contribution < -0.4 is 10.3 Å². The molecule has 0 spiro atoms. The van der Waals surface area contributed by atoms with E-state index in [2.05, 4.69) is 4.72 Å². The first kappa shape index (κ1) is 17.7. The van der Waals surface area contributed by atoms with Gasteiger partial charge in [0, 0.05) is 18.8 Å². The normalized spacial score (nSPS) is 11.2. The topological polar surface area (TPSA) is 105 Å². The lowest BCUT2D eigenvalue weighted by atomic mass is 10.1. The second-order valence-electron chi connectivity index (χ2n) is 5.34. The Morgan fingerprint density at radius 2 is 1.96 bits per heavy atom. The van der Waals surface area contributed by atoms with Crippen LogP contribution in [0.2, 0.25) is 0 Å². The van der Waals surface area contributed by atoms with Gasteiger partial charge in [0.15, 0.2) is 0 Å². The van der Waals surface area contributed by atoms with Crippen LogP contribution in [0.15, 0.2) is 46.2 Å². The Morgan fingerprint density at radius 1 is 1.25 bits per heavy atom. The zero-order valence-electron chi connectivity index (χ0n) is 13.3. The number of rotatable bonds is 6. The first-order valence-electron chi connectivity index (χ1n) is 7.32. The molecule has 0 bridgehead atoms. The van der Waals surface area contributed by atoms with Gasteiger partial charge in [-0.2, -0.15) is 0 Å². The average molecular weight is 350 g/mol. The number of aromatic nitrogens is 1. The van der Waals surface area contributed by atoms with Gasteiger partial charge in [0.2, 0.25) is 0 Å². The lowest BCUT2D eigenvalue weighted by molar-refractivity contribution is 0.0696. The van der Waals surface area contributed by atoms with E-state index >= 15 is 0 Å². The third kappa shape index (κ3) is 3.83. The Balaban J connectivity index is 2.42. The van der Waals surface area contributed by atoms with Gasteiger partial charge in [-0.1, -0.05) is 13.0 Å². The maximum absolute atomic E-state index is 12.6. The number of hydrogen-bond donors (Lipinski definition) is 2. The molecule has 0 fully saturated rings. The summed E-state index contributed by atoms with van der Waals surface area (Å²) in [6.07, 6.45) is 2.16. The molecule has 2 N–H and O–H groups in total. The van der Waals surface area contributed by atoms with Crippen LogP contribution in [-0.4, -0.2) is 24.1 Å². The number of carboxylic acid groups (broad SMARTS) is 1. The van der Waals surface area contributed by atoms with Gasteiger partial charge in [0.05, 0.1) is 16.1 Å². The molecule has 0 aliphatic carbocycles. The van der Waals surface area contributed by atoms with Crippen molar-refractivity contribution >= 4 is 21.7 Å². The van der Waals surface area contributed by atoms with Crippen molar-refractivity contribution in [3.63, 3.8) is 0 Å². The Morgan fingerprint density at radius 3 is 2.58 bits per heavy atom. The summed E-state index contributed by atoms with van der Waals surface area (Å²) < 4.78 is 28.9. The highest BCUT2D eigenvalue weighted by molar-refractivity contribution is 7.92. The van der Waals surface area contributed by atoms with E-state index in [-0.39, 0.29) is 21.7 Å². The molecule has 0 saturated carbocycles. The fraction of sp³-hybridized carbons (Fsp3) is 0.250. The number of aryl methyl sites for hydroxylation is 2. The second-order valence-corrected chi connectivity index (χ2v) is 6.99. The van der Waals surface area contributed by atoms with Gasteiger partial charge in [-0.05, 0) is 37.1 Å². The van der Waals surface area contributed by atoms with E-state index in [0.717, 1.165) is 12.5 Å². The predicted molar refractivity (Wildman–Crippen MR) is 89.9 cm³/mol. The molecule has 7 nitrogen and oxygen atoms in total. The molecule has 1 aromatic heterocycles. The number of benzene rings is 1. The summed E-state index contributed by atoms with van der Waals surface area (Å²) in [7, 11) is -3.97. The Hall–Kier alpha value is -2.61. The Kier molecular flexibility index (Phi) is 5.08. The van der Waals surface area contributed by atoms with E-state index in [4.69, 9.17) is 5.11 Å². The minimum absolute atomic E-state index is 0.114. The van der Waals surface area contributed by atoms with Gasteiger partial charge in [-0.15, -0.1) is 0 Å². The average Bonchev–Trinajstić information content (AvgIpc) is 2.50. The fourth-order valence-electron chi connectivity index (χ4n) is 2.24. The number of nitrogens with one attached hydrogen (secondary N) is 1. The van der Waals surface area contributed by atoms with Crippen molar-refractivity contribution in [2.45, 2.75) is 31.7 Å². The van der Waals surface area contributed by atoms with Crippen molar-refractivity contribution in [2.75, 3.05) is 4.72 Å². The van der Waals surface area contributed by atoms with Gasteiger partial charge in [0.25, 0.3) is 15.6 Å². The summed E-state index contributed by atoms with van der Waals surface area (Å²) in [4.78, 5) is 22.6. The second kappa shape index (κ2) is 6.88. The maximum atomic E-state index is 12.6. The van der Waals surface area contributed by atoms with Crippen LogP contribution in [0.3, 0.4) is 0 Å². The molecule has 0 atom stereocenters. The molecule has 0 unspecified atom stereocenters. The zero-order valence-corrected chi connectivity index (χ0v) is 14.1. The van der Waals surface area contributed by atoms with E-state index < -0.39 is 16.0 Å². The SMILES string of the molecule is CCCn1cc(NS(=O)(=O)c2cc(C(=O)O)ccc2C)ccc1=O. The summed E-state index contributed by atoms with van der Waals surface area (Å²) >= 11 is 0. The van der Waals surface area contributed by atoms with E-state index in [9.17, 15) is 18.0 Å². The predicted octanol–water partition coefficient (Wildman–Crippen LogP) is 2.07. The minimum atomic E-state index is -3.97. The van der Waals surface area contributed by atoms with Gasteiger partial charge >= 0.3 is 5.97 Å². The van der Waals surface area contributed by atoms with Gasteiger partial charge in [-0.3, -0.25) is 9.52 Å². The summed E-state index contributed by atoms with van der Waals surface area (Å²) in [5.74, 6) is -1.21. The number of aromatic carboxylic acids is 1. The van der Waals surface area contributed by atoms with Crippen molar-refractivity contribution in [1.82, 2.24) is 4.57 Å². The molecule has 0 aliphatic rings. The Labute approximate surface area is 139 Å². The first-order valence-corrected chi connectivity index (χ1v) is 8.80. The smallest absolute Gasteiger partial charge is 0.335 e. The van der Waals surface area contributed by atoms with Crippen LogP contribution in [0, 0.1) is 6.92 Å². The number of pyridine rings is 1. The van der Waals surface area contributed by atoms with Crippen LogP contribution in [0.1, 0.15) is 29.3 Å². The molecule has 0 saturated heterocycles. The molecule has 1 aromatic carbocycles. The summed E-state index contributed by atoms with van der Waals surface area (Å²) in [5.41, 5.74) is 0.332. The number of carboxylic acids is 1. The van der Waals surface area contributed by atoms with Crippen molar-refractivity contribution < 1.29 is 18.3 Å². The van der Waals surface area contributed by atoms with E-state index in [0.29, 0.717) is 12.1 Å². The van der Waals surface area contributed by atoms with Crippen LogP contribution in [0.5, 0.6) is 0 Å². The zero-order chi connectivity index (χ0) is 17.9. The molecule has 0 aliphatic heterocycles. The van der Waals surface area contributed by atoms with Crippen LogP contribution in [-0.2, 0) is 16.6 Å². The third-order valence-electron chi connectivity index (χ3n) is 3.42. The van der Waals surface area contributed by atoms with Crippen molar-refractivity contribution in [1.29, 1.82) is 0 Å². The lowest BCUT2D eigenvalue weighted by Crippen LogP contribution is -2.21. The molecular weight excluding hydrogens is 332 g/mol. The van der Waals surface area contributed by atoms with Crippen molar-refractivity contribution in [2.24, 2.45) is 0 Å². The summed E-state index contributed by atoms with van der Waals surface area (Å²) in [6, 6.07) is 6.56. The lowest BCUT2D eigenvalue weighted by Gasteiger charge is -2.12. The highest BCUT2D eigenvalue weighted by atomic mass is 32.2. The standard InChI is InChI=1S/C16H18N2O5S/c1-3-8-18-10-13(6-7-15(18)19)17-24(22,23)14-9-12(16(20)21)5-4-11(14)2/h4-7,9-10,17H,3,8H2,1-2H3,(H,20,21). The Bertz CT molecular complexity index is 932. The van der Waals surface area contributed by atoms with Crippen LogP contribution in [0.25, 0.3) is 0 Å². The van der Waals surface area contributed by atoms with Gasteiger partial charge in [0.1, 0.15) is 0 Å². The van der Waals surface area contributed by atoms with E-state index in [1.54, 1.807) is 6.92 Å².